The summed E-state index contributed by atoms with van der Waals surface area (Å²) in [6.07, 6.45) is 0. The number of carbonyl (C=O) groups excluding carboxylic acids is 1. The van der Waals surface area contributed by atoms with Crippen molar-refractivity contribution in [2.45, 2.75) is 6.54 Å². The van der Waals surface area contributed by atoms with Crippen molar-refractivity contribution in [2.24, 2.45) is 0 Å². The van der Waals surface area contributed by atoms with Crippen molar-refractivity contribution in [3.05, 3.63) is 75.1 Å². The average Bonchev–Trinajstić information content (AvgIpc) is 2.68. The van der Waals surface area contributed by atoms with Crippen LogP contribution in [-0.2, 0) is 6.54 Å². The fourth-order valence-electron chi connectivity index (χ4n) is 3.64. The Morgan fingerprint density at radius 2 is 1.89 bits per heavy atom. The largest absolute Gasteiger partial charge is 0.508 e. The van der Waals surface area contributed by atoms with Gasteiger partial charge in [0.25, 0.3) is 5.91 Å². The molecule has 0 atom stereocenters. The van der Waals surface area contributed by atoms with Gasteiger partial charge in [-0.05, 0) is 24.3 Å². The van der Waals surface area contributed by atoms with Crippen molar-refractivity contribution in [2.75, 3.05) is 26.2 Å². The molecule has 1 saturated heterocycles. The normalized spacial score (nSPS) is 15.1. The van der Waals surface area contributed by atoms with Crippen molar-refractivity contribution in [3.63, 3.8) is 0 Å². The van der Waals surface area contributed by atoms with E-state index in [4.69, 9.17) is 16.0 Å². The summed E-state index contributed by atoms with van der Waals surface area (Å²) in [5.74, 6) is 0.0118. The first kappa shape index (κ1) is 18.5. The molecule has 1 amide bonds. The second kappa shape index (κ2) is 7.66. The molecule has 7 heteroatoms. The molecule has 0 bridgehead atoms. The number of carbonyl (C=O) groups is 1. The number of aromatic hydroxyl groups is 1. The molecule has 2 N–H and O–H groups in total. The van der Waals surface area contributed by atoms with E-state index in [1.165, 1.54) is 17.0 Å². The molecule has 28 heavy (non-hydrogen) atoms. The first-order valence-corrected chi connectivity index (χ1v) is 9.52. The van der Waals surface area contributed by atoms with Gasteiger partial charge in [0.2, 0.25) is 0 Å². The number of nitrogens with zero attached hydrogens (tertiary/aromatic N) is 1. The van der Waals surface area contributed by atoms with Crippen LogP contribution in [0.1, 0.15) is 15.9 Å². The van der Waals surface area contributed by atoms with Crippen molar-refractivity contribution in [3.8, 4) is 5.75 Å². The summed E-state index contributed by atoms with van der Waals surface area (Å²) >= 11 is 6.15. The minimum Gasteiger partial charge on any atom is -0.508 e. The lowest BCUT2D eigenvalue weighted by Gasteiger charge is -2.32. The third-order valence-electron chi connectivity index (χ3n) is 5.12. The molecule has 3 aromatic rings. The van der Waals surface area contributed by atoms with Gasteiger partial charge in [0.15, 0.2) is 0 Å². The maximum Gasteiger partial charge on any atom is 0.336 e. The summed E-state index contributed by atoms with van der Waals surface area (Å²) < 4.78 is 5.19. The molecule has 6 nitrogen and oxygen atoms in total. The van der Waals surface area contributed by atoms with Crippen LogP contribution in [-0.4, -0.2) is 42.1 Å². The maximum atomic E-state index is 12.7. The second-order valence-corrected chi connectivity index (χ2v) is 7.38. The Bertz CT molecular complexity index is 1090. The molecular weight excluding hydrogens is 380 g/mol. The average molecular weight is 400 g/mol. The SMILES string of the molecule is O=C(c1ccccc1Cl)N1CC[NH+](Cc2cc(=O)oc3cc(O)ccc23)CC1. The molecule has 0 saturated carbocycles. The molecule has 1 fully saturated rings. The van der Waals surface area contributed by atoms with Gasteiger partial charge in [0.1, 0.15) is 17.9 Å². The first-order valence-electron chi connectivity index (χ1n) is 9.14. The zero-order chi connectivity index (χ0) is 19.7. The Labute approximate surface area is 166 Å². The minimum absolute atomic E-state index is 0.0501. The van der Waals surface area contributed by atoms with Gasteiger partial charge in [-0.2, -0.15) is 0 Å². The van der Waals surface area contributed by atoms with Crippen molar-refractivity contribution in [1.29, 1.82) is 0 Å². The number of nitrogens with one attached hydrogen (secondary N) is 1. The number of phenolic OH excluding ortho intramolecular Hbond substituents is 1. The molecule has 0 spiro atoms. The number of fused-ring (bicyclic) bond motifs is 1. The van der Waals surface area contributed by atoms with E-state index in [2.05, 4.69) is 0 Å². The number of hydrogen-bond donors (Lipinski definition) is 2. The van der Waals surface area contributed by atoms with Crippen molar-refractivity contribution < 1.29 is 19.2 Å². The highest BCUT2D eigenvalue weighted by Crippen LogP contribution is 2.21. The van der Waals surface area contributed by atoms with Gasteiger partial charge in [-0.15, -0.1) is 0 Å². The van der Waals surface area contributed by atoms with Gasteiger partial charge in [-0.25, -0.2) is 4.79 Å². The molecule has 0 aliphatic carbocycles. The summed E-state index contributed by atoms with van der Waals surface area (Å²) in [7, 11) is 0. The molecule has 4 rings (SSSR count). The Morgan fingerprint density at radius 3 is 2.64 bits per heavy atom. The van der Waals surface area contributed by atoms with Crippen LogP contribution in [0.3, 0.4) is 0 Å². The molecular formula is C21H20ClN2O4+. The third-order valence-corrected chi connectivity index (χ3v) is 5.45. The number of rotatable bonds is 3. The number of benzene rings is 2. The molecule has 2 aromatic carbocycles. The topological polar surface area (TPSA) is 75.2 Å². The maximum absolute atomic E-state index is 12.7. The molecule has 1 aliphatic heterocycles. The van der Waals surface area contributed by atoms with Crippen molar-refractivity contribution >= 4 is 28.5 Å². The van der Waals surface area contributed by atoms with Crippen LogP contribution in [0.25, 0.3) is 11.0 Å². The second-order valence-electron chi connectivity index (χ2n) is 6.97. The van der Waals surface area contributed by atoms with Crippen LogP contribution >= 0.6 is 11.6 Å². The molecule has 144 valence electrons. The Balaban J connectivity index is 1.47. The number of piperazine rings is 1. The van der Waals surface area contributed by atoms with Gasteiger partial charge in [-0.3, -0.25) is 4.79 Å². The smallest absolute Gasteiger partial charge is 0.336 e. The van der Waals surface area contributed by atoms with E-state index in [0.717, 1.165) is 24.0 Å². The highest BCUT2D eigenvalue weighted by Gasteiger charge is 2.26. The molecule has 0 unspecified atom stereocenters. The Kier molecular flexibility index (Phi) is 5.07. The zero-order valence-electron chi connectivity index (χ0n) is 15.2. The van der Waals surface area contributed by atoms with E-state index >= 15 is 0 Å². The van der Waals surface area contributed by atoms with Crippen LogP contribution in [0.2, 0.25) is 5.02 Å². The summed E-state index contributed by atoms with van der Waals surface area (Å²) in [6, 6.07) is 13.4. The molecule has 2 heterocycles. The zero-order valence-corrected chi connectivity index (χ0v) is 15.9. The third kappa shape index (κ3) is 3.74. The van der Waals surface area contributed by atoms with E-state index < -0.39 is 5.63 Å². The van der Waals surface area contributed by atoms with Gasteiger partial charge < -0.3 is 19.3 Å². The summed E-state index contributed by atoms with van der Waals surface area (Å²) in [6.45, 7) is 3.45. The number of amides is 1. The minimum atomic E-state index is -0.431. The van der Waals surface area contributed by atoms with Crippen LogP contribution in [0.5, 0.6) is 5.75 Å². The lowest BCUT2D eigenvalue weighted by Crippen LogP contribution is -3.13. The predicted molar refractivity (Wildman–Crippen MR) is 106 cm³/mol. The quantitative estimate of drug-likeness (QED) is 0.657. The predicted octanol–water partition coefficient (Wildman–Crippen LogP) is 1.69. The van der Waals surface area contributed by atoms with E-state index in [1.807, 2.05) is 17.0 Å². The summed E-state index contributed by atoms with van der Waals surface area (Å²) in [4.78, 5) is 27.7. The summed E-state index contributed by atoms with van der Waals surface area (Å²) in [5, 5.41) is 10.9. The fourth-order valence-corrected chi connectivity index (χ4v) is 3.86. The first-order chi connectivity index (χ1) is 13.5. The number of hydrogen-bond acceptors (Lipinski definition) is 4. The van der Waals surface area contributed by atoms with E-state index in [0.29, 0.717) is 35.8 Å². The van der Waals surface area contributed by atoms with Gasteiger partial charge in [0, 0.05) is 23.1 Å². The Hall–Kier alpha value is -2.83. The fraction of sp³-hybridized carbons (Fsp3) is 0.238. The lowest BCUT2D eigenvalue weighted by atomic mass is 10.1. The van der Waals surface area contributed by atoms with Gasteiger partial charge >= 0.3 is 5.63 Å². The summed E-state index contributed by atoms with van der Waals surface area (Å²) in [5.41, 5.74) is 1.36. The van der Waals surface area contributed by atoms with Crippen molar-refractivity contribution in [1.82, 2.24) is 4.90 Å². The van der Waals surface area contributed by atoms with Crippen LogP contribution in [0.15, 0.2) is 57.7 Å². The highest BCUT2D eigenvalue weighted by atomic mass is 35.5. The molecule has 1 aromatic heterocycles. The number of quaternary nitrogens is 1. The van der Waals surface area contributed by atoms with Crippen LogP contribution < -0.4 is 10.5 Å². The molecule has 0 radical (unpaired) electrons. The van der Waals surface area contributed by atoms with E-state index in [9.17, 15) is 14.7 Å². The van der Waals surface area contributed by atoms with E-state index in [1.54, 1.807) is 24.3 Å². The molecule has 1 aliphatic rings. The standard InChI is InChI=1S/C21H19ClN2O4/c22-18-4-2-1-3-17(18)21(27)24-9-7-23(8-10-24)13-14-11-20(26)28-19-12-15(25)5-6-16(14)19/h1-6,11-12,25H,7-10,13H2/p+1. The highest BCUT2D eigenvalue weighted by molar-refractivity contribution is 6.33. The van der Waals surface area contributed by atoms with Gasteiger partial charge in [-0.1, -0.05) is 23.7 Å². The lowest BCUT2D eigenvalue weighted by molar-refractivity contribution is -0.917. The van der Waals surface area contributed by atoms with Crippen LogP contribution in [0, 0.1) is 0 Å². The number of halogens is 1. The Morgan fingerprint density at radius 1 is 1.14 bits per heavy atom. The monoisotopic (exact) mass is 399 g/mol. The number of phenols is 1. The van der Waals surface area contributed by atoms with Crippen LogP contribution in [0.4, 0.5) is 0 Å². The van der Waals surface area contributed by atoms with E-state index in [-0.39, 0.29) is 11.7 Å². The van der Waals surface area contributed by atoms with Gasteiger partial charge in [0.05, 0.1) is 36.8 Å².